The van der Waals surface area contributed by atoms with Gasteiger partial charge in [0.15, 0.2) is 11.3 Å². The molecule has 0 aromatic carbocycles. The molecule has 10 nitrogen and oxygen atoms in total. The average Bonchev–Trinajstić information content (AvgIpc) is 3.05. The minimum atomic E-state index is -1.74. The Morgan fingerprint density at radius 3 is 2.51 bits per heavy atom. The van der Waals surface area contributed by atoms with Gasteiger partial charge in [-0.2, -0.15) is 4.98 Å². The third-order valence-corrected chi connectivity index (χ3v) is 7.06. The fourth-order valence-corrected chi connectivity index (χ4v) is 5.06. The molecule has 2 aliphatic carbocycles. The number of nitrogens with zero attached hydrogens (tertiary/aromatic N) is 3. The lowest BCUT2D eigenvalue weighted by atomic mass is 9.97. The smallest absolute Gasteiger partial charge is 0.224 e. The van der Waals surface area contributed by atoms with Gasteiger partial charge in [-0.25, -0.2) is 9.97 Å². The van der Waals surface area contributed by atoms with E-state index in [-0.39, 0.29) is 17.8 Å². The van der Waals surface area contributed by atoms with Gasteiger partial charge in [0.05, 0.1) is 30.2 Å². The summed E-state index contributed by atoms with van der Waals surface area (Å²) in [6.07, 6.45) is -0.199. The Morgan fingerprint density at radius 1 is 1.14 bits per heavy atom. The number of aromatic nitrogens is 3. The number of rotatable bonds is 6. The molecule has 188 valence electrons. The number of aliphatic hydroxyl groups is 3. The summed E-state index contributed by atoms with van der Waals surface area (Å²) >= 11 is 0. The van der Waals surface area contributed by atoms with E-state index in [1.165, 1.54) is 0 Å². The minimum absolute atomic E-state index is 0.00397. The SMILES string of the molecule is COc1cc2cc(-c3c(C)nc(NCC(C)(C)C)nc3NC3(O)CCC4C(O)C43O)oc2c(C)n1. The predicted molar refractivity (Wildman–Crippen MR) is 131 cm³/mol. The van der Waals surface area contributed by atoms with Crippen molar-refractivity contribution in [3.63, 3.8) is 0 Å². The lowest BCUT2D eigenvalue weighted by molar-refractivity contribution is -0.0851. The largest absolute Gasteiger partial charge is 0.481 e. The highest BCUT2D eigenvalue weighted by Gasteiger charge is 2.78. The van der Waals surface area contributed by atoms with Crippen molar-refractivity contribution in [3.8, 4) is 17.2 Å². The Balaban J connectivity index is 1.61. The molecule has 2 aliphatic rings. The fraction of sp³-hybridized carbons (Fsp3) is 0.560. The number of hydrogen-bond donors (Lipinski definition) is 5. The van der Waals surface area contributed by atoms with Gasteiger partial charge in [-0.3, -0.25) is 0 Å². The average molecular weight is 484 g/mol. The highest BCUT2D eigenvalue weighted by atomic mass is 16.5. The molecule has 0 saturated heterocycles. The van der Waals surface area contributed by atoms with Gasteiger partial charge in [0.25, 0.3) is 0 Å². The van der Waals surface area contributed by atoms with Gasteiger partial charge in [0.1, 0.15) is 17.2 Å². The third kappa shape index (κ3) is 3.80. The van der Waals surface area contributed by atoms with E-state index in [2.05, 4.69) is 46.4 Å². The second-order valence-electron chi connectivity index (χ2n) is 11.0. The Labute approximate surface area is 203 Å². The van der Waals surface area contributed by atoms with Crippen LogP contribution in [0.2, 0.25) is 0 Å². The number of methoxy groups -OCH3 is 1. The number of aliphatic hydroxyl groups excluding tert-OH is 1. The van der Waals surface area contributed by atoms with Gasteiger partial charge in [0, 0.05) is 23.9 Å². The van der Waals surface area contributed by atoms with Crippen molar-refractivity contribution in [3.05, 3.63) is 23.5 Å². The van der Waals surface area contributed by atoms with Crippen LogP contribution in [-0.4, -0.2) is 61.4 Å². The quantitative estimate of drug-likeness (QED) is 0.332. The molecule has 0 radical (unpaired) electrons. The number of pyridine rings is 1. The summed E-state index contributed by atoms with van der Waals surface area (Å²) in [4.78, 5) is 13.7. The summed E-state index contributed by atoms with van der Waals surface area (Å²) in [6.45, 7) is 10.6. The topological polar surface area (TPSA) is 146 Å². The van der Waals surface area contributed by atoms with Crippen molar-refractivity contribution in [1.82, 2.24) is 15.0 Å². The molecule has 3 aromatic heterocycles. The molecule has 0 amide bonds. The van der Waals surface area contributed by atoms with Crippen LogP contribution in [-0.2, 0) is 0 Å². The number of hydrogen-bond acceptors (Lipinski definition) is 10. The molecule has 10 heteroatoms. The maximum atomic E-state index is 11.4. The van der Waals surface area contributed by atoms with Crippen molar-refractivity contribution < 1.29 is 24.5 Å². The zero-order valence-electron chi connectivity index (χ0n) is 20.9. The van der Waals surface area contributed by atoms with Gasteiger partial charge in [-0.05, 0) is 38.2 Å². The van der Waals surface area contributed by atoms with Crippen molar-refractivity contribution in [2.45, 2.75) is 64.9 Å². The van der Waals surface area contributed by atoms with Gasteiger partial charge < -0.3 is 35.1 Å². The summed E-state index contributed by atoms with van der Waals surface area (Å²) < 4.78 is 11.5. The molecule has 5 N–H and O–H groups in total. The van der Waals surface area contributed by atoms with E-state index in [1.807, 2.05) is 19.9 Å². The molecule has 3 heterocycles. The van der Waals surface area contributed by atoms with E-state index in [1.54, 1.807) is 13.2 Å². The Bertz CT molecular complexity index is 1300. The number of anilines is 2. The van der Waals surface area contributed by atoms with Crippen LogP contribution in [0.1, 0.15) is 45.0 Å². The van der Waals surface area contributed by atoms with Crippen molar-refractivity contribution in [2.24, 2.45) is 11.3 Å². The van der Waals surface area contributed by atoms with E-state index in [0.29, 0.717) is 58.9 Å². The first kappa shape index (κ1) is 23.8. The summed E-state index contributed by atoms with van der Waals surface area (Å²) in [5, 5.41) is 39.7. The first-order valence-electron chi connectivity index (χ1n) is 11.9. The predicted octanol–water partition coefficient (Wildman–Crippen LogP) is 2.98. The number of ether oxygens (including phenoxy) is 1. The van der Waals surface area contributed by atoms with Crippen LogP contribution in [0.5, 0.6) is 5.88 Å². The standard InChI is InChI=1S/C25H33N5O5/c1-12-18(16-9-14-10-17(34-6)27-13(2)19(14)35-16)21(29-22(28-12)26-11-23(3,4)5)30-24(32)8-7-15-20(31)25(15,24)33/h9-10,15,20,31-33H,7-8,11H2,1-6H3,(H2,26,28,29,30). The fourth-order valence-electron chi connectivity index (χ4n) is 5.06. The molecule has 0 aliphatic heterocycles. The highest BCUT2D eigenvalue weighted by Crippen LogP contribution is 2.61. The van der Waals surface area contributed by atoms with Gasteiger partial charge >= 0.3 is 0 Å². The third-order valence-electron chi connectivity index (χ3n) is 7.06. The first-order valence-corrected chi connectivity index (χ1v) is 11.9. The highest BCUT2D eigenvalue weighted by molar-refractivity contribution is 5.88. The maximum Gasteiger partial charge on any atom is 0.224 e. The van der Waals surface area contributed by atoms with Crippen LogP contribution in [0.25, 0.3) is 22.3 Å². The van der Waals surface area contributed by atoms with E-state index >= 15 is 0 Å². The number of aryl methyl sites for hydroxylation is 2. The summed E-state index contributed by atoms with van der Waals surface area (Å²) in [7, 11) is 1.56. The molecule has 4 unspecified atom stereocenters. The lowest BCUT2D eigenvalue weighted by Crippen LogP contribution is -2.51. The van der Waals surface area contributed by atoms with Gasteiger partial charge in [-0.15, -0.1) is 0 Å². The minimum Gasteiger partial charge on any atom is -0.481 e. The molecule has 0 spiro atoms. The zero-order chi connectivity index (χ0) is 25.3. The number of fused-ring (bicyclic) bond motifs is 2. The van der Waals surface area contributed by atoms with Crippen LogP contribution in [0.15, 0.2) is 16.5 Å². The second kappa shape index (κ2) is 7.78. The zero-order valence-corrected chi connectivity index (χ0v) is 20.9. The van der Waals surface area contributed by atoms with Crippen LogP contribution in [0.3, 0.4) is 0 Å². The van der Waals surface area contributed by atoms with Crippen molar-refractivity contribution in [2.75, 3.05) is 24.3 Å². The van der Waals surface area contributed by atoms with Crippen LogP contribution < -0.4 is 15.4 Å². The van der Waals surface area contributed by atoms with E-state index in [9.17, 15) is 15.3 Å². The maximum absolute atomic E-state index is 11.4. The molecule has 5 rings (SSSR count). The van der Waals surface area contributed by atoms with Crippen LogP contribution in [0.4, 0.5) is 11.8 Å². The molecule has 35 heavy (non-hydrogen) atoms. The molecule has 2 fully saturated rings. The monoisotopic (exact) mass is 483 g/mol. The van der Waals surface area contributed by atoms with Crippen LogP contribution in [0, 0.1) is 25.2 Å². The van der Waals surface area contributed by atoms with Gasteiger partial charge in [0.2, 0.25) is 11.8 Å². The molecule has 4 atom stereocenters. The number of furan rings is 1. The molecular weight excluding hydrogens is 450 g/mol. The Hall–Kier alpha value is -2.95. The van der Waals surface area contributed by atoms with Crippen molar-refractivity contribution in [1.29, 1.82) is 0 Å². The number of nitrogens with one attached hydrogen (secondary N) is 2. The Morgan fingerprint density at radius 2 is 1.89 bits per heavy atom. The lowest BCUT2D eigenvalue weighted by Gasteiger charge is -2.33. The normalized spacial score (nSPS) is 27.7. The molecule has 3 aromatic rings. The van der Waals surface area contributed by atoms with Crippen molar-refractivity contribution >= 4 is 22.7 Å². The summed E-state index contributed by atoms with van der Waals surface area (Å²) in [5.74, 6) is 1.30. The second-order valence-corrected chi connectivity index (χ2v) is 11.0. The van der Waals surface area contributed by atoms with Gasteiger partial charge in [-0.1, -0.05) is 20.8 Å². The molecule has 0 bridgehead atoms. The Kier molecular flexibility index (Phi) is 5.28. The molecular formula is C25H33N5O5. The summed E-state index contributed by atoms with van der Waals surface area (Å²) in [6, 6.07) is 3.64. The summed E-state index contributed by atoms with van der Waals surface area (Å²) in [5.41, 5.74) is -0.902. The van der Waals surface area contributed by atoms with E-state index < -0.39 is 17.4 Å². The van der Waals surface area contributed by atoms with E-state index in [0.717, 1.165) is 5.39 Å². The molecule has 2 saturated carbocycles. The first-order chi connectivity index (χ1) is 16.4. The van der Waals surface area contributed by atoms with Crippen LogP contribution >= 0.6 is 0 Å². The van der Waals surface area contributed by atoms with E-state index in [4.69, 9.17) is 9.15 Å².